The number of ether oxygens (including phenoxy) is 4. The maximum atomic E-state index is 11.7. The van der Waals surface area contributed by atoms with Crippen LogP contribution < -0.4 is 0 Å². The molecule has 0 spiro atoms. The molecule has 1 heterocycles. The van der Waals surface area contributed by atoms with E-state index in [0.29, 0.717) is 18.1 Å². The van der Waals surface area contributed by atoms with E-state index in [2.05, 4.69) is 4.74 Å². The molecular weight excluding hydrogens is 268 g/mol. The lowest BCUT2D eigenvalue weighted by atomic mass is 10.5. The smallest absolute Gasteiger partial charge is 0.352 e. The number of esters is 1. The zero-order valence-corrected chi connectivity index (χ0v) is 12.9. The fourth-order valence-corrected chi connectivity index (χ4v) is 1.84. The number of thiophene rings is 1. The molecule has 6 heteroatoms. The molecule has 0 amide bonds. The highest BCUT2D eigenvalue weighted by Gasteiger charge is 2.30. The van der Waals surface area contributed by atoms with Gasteiger partial charge in [-0.25, -0.2) is 4.79 Å². The number of methoxy groups -OCH3 is 1. The van der Waals surface area contributed by atoms with Crippen molar-refractivity contribution in [2.45, 2.75) is 26.7 Å². The van der Waals surface area contributed by atoms with E-state index >= 15 is 0 Å². The summed E-state index contributed by atoms with van der Waals surface area (Å²) >= 11 is 1.32. The number of carbonyl (C=O) groups is 1. The molecule has 1 aromatic heterocycles. The Morgan fingerprint density at radius 2 is 1.79 bits per heavy atom. The second kappa shape index (κ2) is 9.91. The second-order valence-electron chi connectivity index (χ2n) is 3.50. The van der Waals surface area contributed by atoms with E-state index in [9.17, 15) is 4.79 Å². The minimum Gasteiger partial charge on any atom is -0.404 e. The van der Waals surface area contributed by atoms with Gasteiger partial charge in [0.05, 0.1) is 13.2 Å². The fourth-order valence-electron chi connectivity index (χ4n) is 1.24. The lowest BCUT2D eigenvalue weighted by Gasteiger charge is -2.27. The summed E-state index contributed by atoms with van der Waals surface area (Å²) in [5, 5.41) is 1.81. The fraction of sp³-hybridized carbons (Fsp3) is 0.615. The molecule has 0 bridgehead atoms. The molecule has 0 aromatic carbocycles. The van der Waals surface area contributed by atoms with Gasteiger partial charge < -0.3 is 18.9 Å². The average Bonchev–Trinajstić information content (AvgIpc) is 2.83. The van der Waals surface area contributed by atoms with Crippen molar-refractivity contribution in [2.75, 3.05) is 27.4 Å². The molecule has 1 rings (SSSR count). The van der Waals surface area contributed by atoms with Crippen LogP contribution in [0.5, 0.6) is 0 Å². The number of hydrogen-bond donors (Lipinski definition) is 0. The quantitative estimate of drug-likeness (QED) is 0.595. The zero-order chi connectivity index (χ0) is 14.7. The monoisotopic (exact) mass is 290 g/mol. The molecule has 0 saturated heterocycles. The summed E-state index contributed by atoms with van der Waals surface area (Å²) in [7, 11) is 3.25. The summed E-state index contributed by atoms with van der Waals surface area (Å²) in [6.07, 6.45) is 0. The van der Waals surface area contributed by atoms with Crippen molar-refractivity contribution in [1.29, 1.82) is 0 Å². The highest BCUT2D eigenvalue weighted by Crippen LogP contribution is 2.19. The van der Waals surface area contributed by atoms with Crippen LogP contribution in [0, 0.1) is 0 Å². The van der Waals surface area contributed by atoms with E-state index in [1.807, 2.05) is 19.2 Å². The Labute approximate surface area is 118 Å². The van der Waals surface area contributed by atoms with Crippen LogP contribution in [-0.4, -0.2) is 39.4 Å². The van der Waals surface area contributed by atoms with Crippen LogP contribution in [0.2, 0.25) is 0 Å². The summed E-state index contributed by atoms with van der Waals surface area (Å²) in [4.78, 5) is 12.2. The van der Waals surface area contributed by atoms with Gasteiger partial charge in [-0.2, -0.15) is 0 Å². The lowest BCUT2D eigenvalue weighted by molar-refractivity contribution is -0.341. The van der Waals surface area contributed by atoms with E-state index in [1.54, 1.807) is 33.3 Å². The Hall–Kier alpha value is -0.950. The van der Waals surface area contributed by atoms with Crippen LogP contribution in [-0.2, 0) is 18.9 Å². The van der Waals surface area contributed by atoms with E-state index in [1.165, 1.54) is 11.3 Å². The van der Waals surface area contributed by atoms with Crippen LogP contribution in [0.15, 0.2) is 17.5 Å². The minimum absolute atomic E-state index is 0.411. The molecule has 110 valence electrons. The van der Waals surface area contributed by atoms with E-state index in [4.69, 9.17) is 14.2 Å². The minimum atomic E-state index is -1.30. The average molecular weight is 290 g/mol. The summed E-state index contributed by atoms with van der Waals surface area (Å²) in [5.74, 6) is -1.73. The molecule has 1 aromatic rings. The van der Waals surface area contributed by atoms with Crippen molar-refractivity contribution >= 4 is 17.3 Å². The van der Waals surface area contributed by atoms with Gasteiger partial charge in [0.25, 0.3) is 0 Å². The first-order valence-corrected chi connectivity index (χ1v) is 6.85. The van der Waals surface area contributed by atoms with Gasteiger partial charge in [-0.05, 0) is 25.3 Å². The molecule has 19 heavy (non-hydrogen) atoms. The Morgan fingerprint density at radius 3 is 2.16 bits per heavy atom. The Bertz CT molecular complexity index is 331. The molecular formula is C13H22O5S. The maximum Gasteiger partial charge on any atom is 0.352 e. The van der Waals surface area contributed by atoms with Gasteiger partial charge in [0.2, 0.25) is 0 Å². The van der Waals surface area contributed by atoms with Gasteiger partial charge in [-0.1, -0.05) is 6.07 Å². The van der Waals surface area contributed by atoms with Crippen LogP contribution in [0.3, 0.4) is 0 Å². The largest absolute Gasteiger partial charge is 0.404 e. The van der Waals surface area contributed by atoms with Crippen molar-refractivity contribution in [1.82, 2.24) is 0 Å². The van der Waals surface area contributed by atoms with Crippen LogP contribution in [0.25, 0.3) is 0 Å². The predicted octanol–water partition coefficient (Wildman–Crippen LogP) is 2.91. The summed E-state index contributed by atoms with van der Waals surface area (Å²) in [6, 6.07) is 3.49. The molecule has 0 aliphatic rings. The van der Waals surface area contributed by atoms with Crippen LogP contribution in [0.4, 0.5) is 0 Å². The normalized spacial score (nSPS) is 10.6. The third-order valence-corrected chi connectivity index (χ3v) is 2.66. The Morgan fingerprint density at radius 1 is 1.26 bits per heavy atom. The SMILES string of the molecule is CCOC(C)(OCC)OC(=O)c1cccs1.COC. The van der Waals surface area contributed by atoms with Crippen molar-refractivity contribution in [2.24, 2.45) is 0 Å². The van der Waals surface area contributed by atoms with E-state index in [0.717, 1.165) is 0 Å². The first-order valence-electron chi connectivity index (χ1n) is 5.97. The molecule has 0 N–H and O–H groups in total. The molecule has 0 unspecified atom stereocenters. The van der Waals surface area contributed by atoms with E-state index in [-0.39, 0.29) is 0 Å². The van der Waals surface area contributed by atoms with Gasteiger partial charge >= 0.3 is 11.9 Å². The summed E-state index contributed by atoms with van der Waals surface area (Å²) < 4.78 is 20.0. The first kappa shape index (κ1) is 18.0. The van der Waals surface area contributed by atoms with E-state index < -0.39 is 11.9 Å². The highest BCUT2D eigenvalue weighted by atomic mass is 32.1. The molecule has 0 saturated carbocycles. The second-order valence-corrected chi connectivity index (χ2v) is 4.45. The molecule has 0 fully saturated rings. The third-order valence-electron chi connectivity index (χ3n) is 1.81. The molecule has 0 aliphatic carbocycles. The predicted molar refractivity (Wildman–Crippen MR) is 74.3 cm³/mol. The van der Waals surface area contributed by atoms with Crippen molar-refractivity contribution < 1.29 is 23.7 Å². The van der Waals surface area contributed by atoms with Gasteiger partial charge in [-0.3, -0.25) is 0 Å². The van der Waals surface area contributed by atoms with Crippen molar-refractivity contribution in [3.63, 3.8) is 0 Å². The Kier molecular flexibility index (Phi) is 9.42. The Balaban J connectivity index is 0.000000982. The molecule has 0 atom stereocenters. The maximum absolute atomic E-state index is 11.7. The van der Waals surface area contributed by atoms with Gasteiger partial charge in [0.1, 0.15) is 4.88 Å². The van der Waals surface area contributed by atoms with Crippen LogP contribution >= 0.6 is 11.3 Å². The van der Waals surface area contributed by atoms with Gasteiger partial charge in [-0.15, -0.1) is 11.3 Å². The molecule has 0 radical (unpaired) electrons. The van der Waals surface area contributed by atoms with Gasteiger partial charge in [0.15, 0.2) is 0 Å². The lowest BCUT2D eigenvalue weighted by Crippen LogP contribution is -2.38. The summed E-state index contributed by atoms with van der Waals surface area (Å²) in [5.41, 5.74) is 0. The topological polar surface area (TPSA) is 54.0 Å². The standard InChI is InChI=1S/C11H16O4S.C2H6O/c1-4-13-11(3,14-5-2)15-10(12)9-7-6-8-16-9;1-3-2/h6-8H,4-5H2,1-3H3;1-2H3. The number of carbonyl (C=O) groups excluding carboxylic acids is 1. The first-order chi connectivity index (χ1) is 9.02. The molecule has 5 nitrogen and oxygen atoms in total. The molecule has 0 aliphatic heterocycles. The number of hydrogen-bond acceptors (Lipinski definition) is 6. The summed E-state index contributed by atoms with van der Waals surface area (Å²) in [6.45, 7) is 6.04. The third kappa shape index (κ3) is 7.27. The van der Waals surface area contributed by atoms with Crippen LogP contribution in [0.1, 0.15) is 30.4 Å². The highest BCUT2D eigenvalue weighted by molar-refractivity contribution is 7.11. The zero-order valence-electron chi connectivity index (χ0n) is 12.1. The van der Waals surface area contributed by atoms with Crippen molar-refractivity contribution in [3.05, 3.63) is 22.4 Å². The van der Waals surface area contributed by atoms with Gasteiger partial charge in [0, 0.05) is 21.1 Å². The number of rotatable bonds is 6. The van der Waals surface area contributed by atoms with Crippen molar-refractivity contribution in [3.8, 4) is 0 Å².